The minimum atomic E-state index is -0.243. The van der Waals surface area contributed by atoms with E-state index in [1.807, 2.05) is 0 Å². The Bertz CT molecular complexity index is 370. The second-order valence-electron chi connectivity index (χ2n) is 5.26. The first-order valence-corrected chi connectivity index (χ1v) is 6.48. The summed E-state index contributed by atoms with van der Waals surface area (Å²) < 4.78 is 4.96. The molecular weight excluding hydrogens is 216 g/mol. The molecule has 3 nitrogen and oxygen atoms in total. The monoisotopic (exact) mass is 236 g/mol. The predicted octanol–water partition coefficient (Wildman–Crippen LogP) is 2.65. The number of carbonyl (C=O) groups excluding carboxylic acids is 2. The van der Waals surface area contributed by atoms with Crippen molar-refractivity contribution >= 4 is 11.8 Å². The summed E-state index contributed by atoms with van der Waals surface area (Å²) in [5.41, 5.74) is 1.17. The van der Waals surface area contributed by atoms with Crippen molar-refractivity contribution in [3.05, 3.63) is 11.6 Å². The van der Waals surface area contributed by atoms with Gasteiger partial charge in [-0.1, -0.05) is 18.9 Å². The Hall–Kier alpha value is -1.12. The van der Waals surface area contributed by atoms with Gasteiger partial charge in [0.2, 0.25) is 0 Å². The summed E-state index contributed by atoms with van der Waals surface area (Å²) in [6.07, 6.45) is 6.38. The van der Waals surface area contributed by atoms with Crippen LogP contribution in [0.4, 0.5) is 0 Å². The van der Waals surface area contributed by atoms with Gasteiger partial charge in [-0.15, -0.1) is 0 Å². The highest BCUT2D eigenvalue weighted by molar-refractivity contribution is 5.98. The zero-order chi connectivity index (χ0) is 12.5. The van der Waals surface area contributed by atoms with Crippen LogP contribution in [0.1, 0.15) is 46.0 Å². The van der Waals surface area contributed by atoms with E-state index < -0.39 is 0 Å². The number of rotatable bonds is 3. The van der Waals surface area contributed by atoms with Crippen molar-refractivity contribution in [3.8, 4) is 0 Å². The van der Waals surface area contributed by atoms with Gasteiger partial charge in [0.1, 0.15) is 0 Å². The fraction of sp³-hybridized carbons (Fsp3) is 0.714. The number of ketones is 1. The maximum absolute atomic E-state index is 12.0. The molecule has 2 aliphatic carbocycles. The van der Waals surface area contributed by atoms with Crippen molar-refractivity contribution in [1.82, 2.24) is 0 Å². The normalized spacial score (nSPS) is 32.0. The van der Waals surface area contributed by atoms with E-state index >= 15 is 0 Å². The Morgan fingerprint density at radius 3 is 3.00 bits per heavy atom. The molecule has 0 aromatic heterocycles. The topological polar surface area (TPSA) is 43.4 Å². The smallest absolute Gasteiger partial charge is 0.306 e. The molecule has 17 heavy (non-hydrogen) atoms. The van der Waals surface area contributed by atoms with Gasteiger partial charge >= 0.3 is 5.97 Å². The van der Waals surface area contributed by atoms with Crippen LogP contribution < -0.4 is 0 Å². The minimum Gasteiger partial charge on any atom is -0.466 e. The van der Waals surface area contributed by atoms with Gasteiger partial charge in [-0.05, 0) is 37.7 Å². The van der Waals surface area contributed by atoms with Crippen molar-refractivity contribution in [3.63, 3.8) is 0 Å². The Kier molecular flexibility index (Phi) is 3.36. The molecule has 0 heterocycles. The Morgan fingerprint density at radius 2 is 2.29 bits per heavy atom. The molecule has 1 saturated carbocycles. The zero-order valence-electron chi connectivity index (χ0n) is 10.6. The SMILES string of the molecule is CCOC(=O)C[C@H]1C(=O)C=C2CCCC[C@@]21C. The molecule has 0 amide bonds. The van der Waals surface area contributed by atoms with E-state index in [1.54, 1.807) is 13.0 Å². The Morgan fingerprint density at radius 1 is 1.53 bits per heavy atom. The summed E-state index contributed by atoms with van der Waals surface area (Å²) in [5, 5.41) is 0. The Labute approximate surface area is 102 Å². The summed E-state index contributed by atoms with van der Waals surface area (Å²) >= 11 is 0. The lowest BCUT2D eigenvalue weighted by atomic mass is 9.66. The number of hydrogen-bond acceptors (Lipinski definition) is 3. The lowest BCUT2D eigenvalue weighted by Gasteiger charge is -2.37. The zero-order valence-corrected chi connectivity index (χ0v) is 10.6. The second kappa shape index (κ2) is 4.63. The number of hydrogen-bond donors (Lipinski definition) is 0. The van der Waals surface area contributed by atoms with Gasteiger partial charge in [-0.3, -0.25) is 9.59 Å². The van der Waals surface area contributed by atoms with Crippen LogP contribution in [-0.2, 0) is 14.3 Å². The van der Waals surface area contributed by atoms with Crippen LogP contribution in [0.2, 0.25) is 0 Å². The van der Waals surface area contributed by atoms with Crippen LogP contribution in [0.25, 0.3) is 0 Å². The number of ether oxygens (including phenoxy) is 1. The van der Waals surface area contributed by atoms with E-state index in [9.17, 15) is 9.59 Å². The summed E-state index contributed by atoms with van der Waals surface area (Å²) in [6, 6.07) is 0. The molecule has 2 aliphatic rings. The second-order valence-corrected chi connectivity index (χ2v) is 5.26. The molecule has 2 atom stereocenters. The molecule has 0 radical (unpaired) electrons. The number of esters is 1. The van der Waals surface area contributed by atoms with Crippen molar-refractivity contribution in [2.24, 2.45) is 11.3 Å². The third kappa shape index (κ3) is 2.15. The molecule has 0 spiro atoms. The molecule has 94 valence electrons. The third-order valence-corrected chi connectivity index (χ3v) is 4.23. The van der Waals surface area contributed by atoms with Crippen LogP contribution in [0.5, 0.6) is 0 Å². The van der Waals surface area contributed by atoms with Gasteiger partial charge < -0.3 is 4.74 Å². The van der Waals surface area contributed by atoms with Gasteiger partial charge in [0.05, 0.1) is 13.0 Å². The van der Waals surface area contributed by atoms with E-state index in [0.717, 1.165) is 19.3 Å². The lowest BCUT2D eigenvalue weighted by Crippen LogP contribution is -2.33. The fourth-order valence-electron chi connectivity index (χ4n) is 3.19. The van der Waals surface area contributed by atoms with Crippen molar-refractivity contribution < 1.29 is 14.3 Å². The highest BCUT2D eigenvalue weighted by atomic mass is 16.5. The van der Waals surface area contributed by atoms with E-state index in [-0.39, 0.29) is 29.5 Å². The van der Waals surface area contributed by atoms with Crippen LogP contribution >= 0.6 is 0 Å². The molecule has 0 bridgehead atoms. The largest absolute Gasteiger partial charge is 0.466 e. The molecule has 2 rings (SSSR count). The maximum atomic E-state index is 12.0. The fourth-order valence-corrected chi connectivity index (χ4v) is 3.19. The molecule has 0 unspecified atom stereocenters. The highest BCUT2D eigenvalue weighted by Crippen LogP contribution is 2.51. The van der Waals surface area contributed by atoms with Crippen molar-refractivity contribution in [1.29, 1.82) is 0 Å². The minimum absolute atomic E-state index is 0.0813. The molecular formula is C14H20O3. The summed E-state index contributed by atoms with van der Waals surface area (Å²) in [4.78, 5) is 23.6. The third-order valence-electron chi connectivity index (χ3n) is 4.23. The van der Waals surface area contributed by atoms with Gasteiger partial charge in [0.25, 0.3) is 0 Å². The predicted molar refractivity (Wildman–Crippen MR) is 64.4 cm³/mol. The molecule has 0 aromatic rings. The maximum Gasteiger partial charge on any atom is 0.306 e. The average Bonchev–Trinajstić information content (AvgIpc) is 2.52. The number of carbonyl (C=O) groups is 2. The molecule has 0 saturated heterocycles. The van der Waals surface area contributed by atoms with Gasteiger partial charge in [0, 0.05) is 5.92 Å². The van der Waals surface area contributed by atoms with Gasteiger partial charge in [-0.25, -0.2) is 0 Å². The lowest BCUT2D eigenvalue weighted by molar-refractivity contribution is -0.146. The van der Waals surface area contributed by atoms with Crippen molar-refractivity contribution in [2.45, 2.75) is 46.0 Å². The summed E-state index contributed by atoms with van der Waals surface area (Å²) in [7, 11) is 0. The van der Waals surface area contributed by atoms with E-state index in [1.165, 1.54) is 12.0 Å². The van der Waals surface area contributed by atoms with Crippen LogP contribution in [0.15, 0.2) is 11.6 Å². The number of allylic oxidation sites excluding steroid dienone is 2. The molecule has 0 aromatic carbocycles. The van der Waals surface area contributed by atoms with E-state index in [0.29, 0.717) is 6.61 Å². The van der Waals surface area contributed by atoms with Crippen LogP contribution in [0.3, 0.4) is 0 Å². The standard InChI is InChI=1S/C14H20O3/c1-3-17-13(16)9-11-12(15)8-10-6-4-5-7-14(10,11)2/h8,11H,3-7,9H2,1-2H3/t11-,14-/m0/s1. The number of fused-ring (bicyclic) bond motifs is 1. The molecule has 0 N–H and O–H groups in total. The van der Waals surface area contributed by atoms with Crippen LogP contribution in [-0.4, -0.2) is 18.4 Å². The summed E-state index contributed by atoms with van der Waals surface area (Å²) in [5.74, 6) is -0.304. The Balaban J connectivity index is 2.12. The average molecular weight is 236 g/mol. The highest BCUT2D eigenvalue weighted by Gasteiger charge is 2.47. The van der Waals surface area contributed by atoms with E-state index in [2.05, 4.69) is 6.92 Å². The first-order chi connectivity index (χ1) is 8.08. The van der Waals surface area contributed by atoms with E-state index in [4.69, 9.17) is 4.74 Å². The molecule has 3 heteroatoms. The molecule has 1 fully saturated rings. The quantitative estimate of drug-likeness (QED) is 0.707. The van der Waals surface area contributed by atoms with Crippen molar-refractivity contribution in [2.75, 3.05) is 6.61 Å². The molecule has 0 aliphatic heterocycles. The van der Waals surface area contributed by atoms with Gasteiger partial charge in [0.15, 0.2) is 5.78 Å². The first-order valence-electron chi connectivity index (χ1n) is 6.48. The summed E-state index contributed by atoms with van der Waals surface area (Å²) in [6.45, 7) is 4.31. The first kappa shape index (κ1) is 12.3. The van der Waals surface area contributed by atoms with Gasteiger partial charge in [-0.2, -0.15) is 0 Å². The van der Waals surface area contributed by atoms with Crippen LogP contribution in [0, 0.1) is 11.3 Å².